The molecule has 1 unspecified atom stereocenters. The third-order valence-electron chi connectivity index (χ3n) is 5.43. The van der Waals surface area contributed by atoms with Crippen LogP contribution in [0.25, 0.3) is 0 Å². The van der Waals surface area contributed by atoms with E-state index >= 15 is 0 Å². The molecule has 1 aliphatic heterocycles. The quantitative estimate of drug-likeness (QED) is 0.756. The second kappa shape index (κ2) is 8.44. The number of amides is 1. The van der Waals surface area contributed by atoms with Crippen molar-refractivity contribution in [2.45, 2.75) is 45.1 Å². The molecule has 7 heteroatoms. The van der Waals surface area contributed by atoms with Crippen molar-refractivity contribution in [2.75, 3.05) is 30.0 Å². The highest BCUT2D eigenvalue weighted by atomic mass is 32.2. The predicted octanol–water partition coefficient (Wildman–Crippen LogP) is 3.13. The summed E-state index contributed by atoms with van der Waals surface area (Å²) in [6.45, 7) is 3.08. The molecule has 1 saturated heterocycles. The summed E-state index contributed by atoms with van der Waals surface area (Å²) in [5.41, 5.74) is 2.83. The Kier molecular flexibility index (Phi) is 6.22. The molecule has 1 amide bonds. The fraction of sp³-hybridized carbons (Fsp3) is 0.550. The maximum atomic E-state index is 12.5. The molecule has 0 aromatic heterocycles. The fourth-order valence-corrected chi connectivity index (χ4v) is 4.55. The van der Waals surface area contributed by atoms with Crippen molar-refractivity contribution < 1.29 is 13.2 Å². The summed E-state index contributed by atoms with van der Waals surface area (Å²) in [5.74, 6) is 0.132. The van der Waals surface area contributed by atoms with Crippen LogP contribution < -0.4 is 10.6 Å². The third-order valence-corrected chi connectivity index (χ3v) is 6.73. The van der Waals surface area contributed by atoms with Crippen LogP contribution in [0.3, 0.4) is 0 Å². The molecule has 1 heterocycles. The normalized spacial score (nSPS) is 21.8. The van der Waals surface area contributed by atoms with Crippen LogP contribution in [0.15, 0.2) is 30.4 Å². The molecule has 6 nitrogen and oxygen atoms in total. The van der Waals surface area contributed by atoms with Crippen LogP contribution in [0.5, 0.6) is 0 Å². The lowest BCUT2D eigenvalue weighted by atomic mass is 9.93. The summed E-state index contributed by atoms with van der Waals surface area (Å²) in [6, 6.07) is 6.23. The first kappa shape index (κ1) is 19.9. The number of benzene rings is 1. The van der Waals surface area contributed by atoms with Crippen LogP contribution in [0.2, 0.25) is 0 Å². The smallest absolute Gasteiger partial charge is 0.227 e. The van der Waals surface area contributed by atoms with Crippen LogP contribution >= 0.6 is 0 Å². The number of allylic oxidation sites excluding steroid dienone is 2. The third kappa shape index (κ3) is 5.32. The van der Waals surface area contributed by atoms with Crippen molar-refractivity contribution in [3.63, 3.8) is 0 Å². The Morgan fingerprint density at radius 2 is 1.89 bits per heavy atom. The second-order valence-electron chi connectivity index (χ2n) is 7.58. The van der Waals surface area contributed by atoms with Crippen molar-refractivity contribution in [3.8, 4) is 0 Å². The number of anilines is 2. The molecular weight excluding hydrogens is 362 g/mol. The van der Waals surface area contributed by atoms with Crippen LogP contribution in [0.4, 0.5) is 11.4 Å². The van der Waals surface area contributed by atoms with Gasteiger partial charge in [0.1, 0.15) is 0 Å². The monoisotopic (exact) mass is 391 g/mol. The molecule has 0 saturated carbocycles. The van der Waals surface area contributed by atoms with Crippen molar-refractivity contribution in [1.82, 2.24) is 4.31 Å². The first-order valence-electron chi connectivity index (χ1n) is 9.61. The maximum absolute atomic E-state index is 12.5. The van der Waals surface area contributed by atoms with E-state index in [0.717, 1.165) is 49.0 Å². The number of sulfonamides is 1. The Hall–Kier alpha value is -1.86. The summed E-state index contributed by atoms with van der Waals surface area (Å²) < 4.78 is 24.8. The molecule has 0 spiro atoms. The molecule has 1 fully saturated rings. The summed E-state index contributed by atoms with van der Waals surface area (Å²) in [6.07, 6.45) is 9.70. The van der Waals surface area contributed by atoms with Gasteiger partial charge in [-0.15, -0.1) is 0 Å². The number of aryl methyl sites for hydroxylation is 1. The molecule has 2 aliphatic rings. The average molecular weight is 392 g/mol. The van der Waals surface area contributed by atoms with Gasteiger partial charge in [0.15, 0.2) is 0 Å². The molecule has 148 valence electrons. The average Bonchev–Trinajstić information content (AvgIpc) is 2.65. The van der Waals surface area contributed by atoms with Gasteiger partial charge >= 0.3 is 0 Å². The van der Waals surface area contributed by atoms with E-state index in [9.17, 15) is 13.2 Å². The van der Waals surface area contributed by atoms with E-state index in [1.54, 1.807) is 0 Å². The lowest BCUT2D eigenvalue weighted by Crippen LogP contribution is -2.41. The van der Waals surface area contributed by atoms with Gasteiger partial charge in [-0.25, -0.2) is 12.7 Å². The molecule has 3 rings (SSSR count). The Morgan fingerprint density at radius 1 is 1.15 bits per heavy atom. The molecule has 0 bridgehead atoms. The molecule has 2 N–H and O–H groups in total. The summed E-state index contributed by atoms with van der Waals surface area (Å²) >= 11 is 0. The zero-order valence-electron chi connectivity index (χ0n) is 16.1. The van der Waals surface area contributed by atoms with Gasteiger partial charge in [-0.2, -0.15) is 0 Å². The maximum Gasteiger partial charge on any atom is 0.227 e. The standard InChI is InChI=1S/C20H29N3O3S/c1-15-8-9-18(21-17-10-12-23(13-11-17)27(2,25)26)14-19(15)22-20(24)16-6-4-3-5-7-16/h3-4,8-9,14,16-17,21H,5-7,10-13H2,1-2H3,(H,22,24). The van der Waals surface area contributed by atoms with Gasteiger partial charge in [0, 0.05) is 36.4 Å². The zero-order chi connectivity index (χ0) is 19.4. The van der Waals surface area contributed by atoms with E-state index in [1.807, 2.05) is 25.1 Å². The Labute approximate surface area is 162 Å². The van der Waals surface area contributed by atoms with E-state index in [2.05, 4.69) is 22.8 Å². The number of hydrogen-bond donors (Lipinski definition) is 2. The van der Waals surface area contributed by atoms with Gasteiger partial charge in [-0.3, -0.25) is 4.79 Å². The number of nitrogens with zero attached hydrogens (tertiary/aromatic N) is 1. The Balaban J connectivity index is 1.60. The molecule has 27 heavy (non-hydrogen) atoms. The number of piperidine rings is 1. The number of nitrogens with one attached hydrogen (secondary N) is 2. The van der Waals surface area contributed by atoms with Gasteiger partial charge in [0.05, 0.1) is 6.26 Å². The van der Waals surface area contributed by atoms with E-state index in [4.69, 9.17) is 0 Å². The topological polar surface area (TPSA) is 78.5 Å². The SMILES string of the molecule is Cc1ccc(NC2CCN(S(C)(=O)=O)CC2)cc1NC(=O)C1CC=CCC1. The first-order valence-corrected chi connectivity index (χ1v) is 11.5. The number of carbonyl (C=O) groups excluding carboxylic acids is 1. The van der Waals surface area contributed by atoms with Crippen LogP contribution in [-0.4, -0.2) is 44.0 Å². The Bertz CT molecular complexity index is 812. The number of carbonyl (C=O) groups is 1. The van der Waals surface area contributed by atoms with Crippen molar-refractivity contribution in [3.05, 3.63) is 35.9 Å². The van der Waals surface area contributed by atoms with Gasteiger partial charge in [0.2, 0.25) is 15.9 Å². The van der Waals surface area contributed by atoms with Crippen molar-refractivity contribution in [1.29, 1.82) is 0 Å². The molecule has 1 atom stereocenters. The lowest BCUT2D eigenvalue weighted by molar-refractivity contribution is -0.120. The second-order valence-corrected chi connectivity index (χ2v) is 9.56. The van der Waals surface area contributed by atoms with Gasteiger partial charge in [-0.05, 0) is 56.7 Å². The molecule has 0 radical (unpaired) electrons. The highest BCUT2D eigenvalue weighted by molar-refractivity contribution is 7.88. The summed E-state index contributed by atoms with van der Waals surface area (Å²) in [7, 11) is -3.11. The molecule has 1 aliphatic carbocycles. The summed E-state index contributed by atoms with van der Waals surface area (Å²) in [5, 5.41) is 6.57. The minimum absolute atomic E-state index is 0.0475. The lowest BCUT2D eigenvalue weighted by Gasteiger charge is -2.31. The van der Waals surface area contributed by atoms with E-state index < -0.39 is 10.0 Å². The van der Waals surface area contributed by atoms with Gasteiger partial charge in [0.25, 0.3) is 0 Å². The van der Waals surface area contributed by atoms with Crippen molar-refractivity contribution >= 4 is 27.3 Å². The van der Waals surface area contributed by atoms with Crippen LogP contribution in [-0.2, 0) is 14.8 Å². The zero-order valence-corrected chi connectivity index (χ0v) is 16.9. The summed E-state index contributed by atoms with van der Waals surface area (Å²) in [4.78, 5) is 12.5. The molecule has 1 aromatic carbocycles. The van der Waals surface area contributed by atoms with E-state index in [0.29, 0.717) is 13.1 Å². The van der Waals surface area contributed by atoms with Crippen LogP contribution in [0.1, 0.15) is 37.7 Å². The number of rotatable bonds is 5. The van der Waals surface area contributed by atoms with Gasteiger partial charge < -0.3 is 10.6 Å². The van der Waals surface area contributed by atoms with E-state index in [-0.39, 0.29) is 17.9 Å². The Morgan fingerprint density at radius 3 is 2.52 bits per heavy atom. The first-order chi connectivity index (χ1) is 12.8. The largest absolute Gasteiger partial charge is 0.382 e. The van der Waals surface area contributed by atoms with Crippen molar-refractivity contribution in [2.24, 2.45) is 5.92 Å². The number of hydrogen-bond acceptors (Lipinski definition) is 4. The van der Waals surface area contributed by atoms with Gasteiger partial charge in [-0.1, -0.05) is 18.2 Å². The highest BCUT2D eigenvalue weighted by Gasteiger charge is 2.25. The molecular formula is C20H29N3O3S. The van der Waals surface area contributed by atoms with E-state index in [1.165, 1.54) is 10.6 Å². The fourth-order valence-electron chi connectivity index (χ4n) is 3.68. The highest BCUT2D eigenvalue weighted by Crippen LogP contribution is 2.26. The molecule has 1 aromatic rings. The van der Waals surface area contributed by atoms with Crippen LogP contribution in [0, 0.1) is 12.8 Å². The minimum Gasteiger partial charge on any atom is -0.382 e. The predicted molar refractivity (Wildman–Crippen MR) is 109 cm³/mol. The minimum atomic E-state index is -3.11.